The maximum atomic E-state index is 13.9. The van der Waals surface area contributed by atoms with E-state index in [9.17, 15) is 53.4 Å². The molecule has 2 heterocycles. The van der Waals surface area contributed by atoms with E-state index < -0.39 is 109 Å². The van der Waals surface area contributed by atoms with E-state index in [1.165, 1.54) is 11.8 Å². The largest absolute Gasteiger partial charge is 0.480 e. The van der Waals surface area contributed by atoms with E-state index in [0.29, 0.717) is 24.8 Å². The molecule has 1 fully saturated rings. The van der Waals surface area contributed by atoms with Gasteiger partial charge in [-0.3, -0.25) is 38.4 Å². The topological polar surface area (TPSA) is 337 Å². The molecule has 8 amide bonds. The van der Waals surface area contributed by atoms with Gasteiger partial charge in [-0.05, 0) is 56.1 Å². The Morgan fingerprint density at radius 2 is 1.47 bits per heavy atom. The highest BCUT2D eigenvalue weighted by Crippen LogP contribution is 2.20. The second kappa shape index (κ2) is 23.8. The lowest BCUT2D eigenvalue weighted by Gasteiger charge is -2.27. The van der Waals surface area contributed by atoms with Crippen molar-refractivity contribution in [3.8, 4) is 0 Å². The zero-order chi connectivity index (χ0) is 46.3. The summed E-state index contributed by atoms with van der Waals surface area (Å²) in [5.74, 6) is -7.68. The Bertz CT molecular complexity index is 1940. The fourth-order valence-corrected chi connectivity index (χ4v) is 6.90. The number of hydrogen-bond donors (Lipinski definition) is 11. The molecular formula is C41H62N10O11. The Labute approximate surface area is 359 Å². The molecule has 0 radical (unpaired) electrons. The number of aliphatic hydroxyl groups is 1. The summed E-state index contributed by atoms with van der Waals surface area (Å²) in [5.41, 5.74) is 12.7. The van der Waals surface area contributed by atoms with Crippen LogP contribution in [0.25, 0.3) is 10.9 Å². The second-order valence-corrected chi connectivity index (χ2v) is 16.1. The highest BCUT2D eigenvalue weighted by Gasteiger charge is 2.37. The van der Waals surface area contributed by atoms with Crippen LogP contribution in [0.3, 0.4) is 0 Å². The summed E-state index contributed by atoms with van der Waals surface area (Å²) in [5, 5.41) is 35.2. The number of carboxylic acid groups (broad SMARTS) is 1. The number of nitrogens with zero attached hydrogens (tertiary/aromatic N) is 1. The Balaban J connectivity index is 1.75. The van der Waals surface area contributed by atoms with Gasteiger partial charge in [0, 0.05) is 36.5 Å². The molecule has 0 saturated carbocycles. The van der Waals surface area contributed by atoms with Crippen LogP contribution in [0.15, 0.2) is 30.5 Å². The van der Waals surface area contributed by atoms with Crippen LogP contribution in [0.4, 0.5) is 0 Å². The second-order valence-electron chi connectivity index (χ2n) is 16.1. The Morgan fingerprint density at radius 3 is 2.10 bits per heavy atom. The number of likely N-dealkylation sites (tertiary alicyclic amines) is 1. The molecular weight excluding hydrogens is 809 g/mol. The molecule has 1 aromatic carbocycles. The van der Waals surface area contributed by atoms with E-state index in [1.54, 1.807) is 37.4 Å². The van der Waals surface area contributed by atoms with Gasteiger partial charge >= 0.3 is 5.97 Å². The van der Waals surface area contributed by atoms with Crippen LogP contribution in [-0.4, -0.2) is 135 Å². The molecule has 8 unspecified atom stereocenters. The van der Waals surface area contributed by atoms with E-state index in [1.807, 2.05) is 20.8 Å². The van der Waals surface area contributed by atoms with Gasteiger partial charge in [-0.2, -0.15) is 0 Å². The summed E-state index contributed by atoms with van der Waals surface area (Å²) >= 11 is 0. The molecule has 0 spiro atoms. The number of carboxylic acids is 1. The number of carbonyl (C=O) groups is 9. The minimum atomic E-state index is -1.52. The molecule has 0 bridgehead atoms. The number of benzene rings is 1. The number of carbonyl (C=O) groups excluding carboxylic acids is 8. The number of rotatable bonds is 24. The minimum absolute atomic E-state index is 0.0136. The molecule has 13 N–H and O–H groups in total. The normalized spacial score (nSPS) is 17.1. The maximum Gasteiger partial charge on any atom is 0.326 e. The molecule has 0 aliphatic carbocycles. The number of nitrogens with two attached hydrogens (primary N) is 2. The Hall–Kier alpha value is -6.09. The number of aromatic amines is 1. The molecule has 342 valence electrons. The zero-order valence-corrected chi connectivity index (χ0v) is 35.8. The van der Waals surface area contributed by atoms with Crippen LogP contribution >= 0.6 is 0 Å². The molecule has 3 rings (SSSR count). The number of aromatic nitrogens is 1. The van der Waals surface area contributed by atoms with Crippen molar-refractivity contribution < 1.29 is 53.4 Å². The average molecular weight is 871 g/mol. The van der Waals surface area contributed by atoms with Gasteiger partial charge in [-0.1, -0.05) is 52.3 Å². The first-order valence-corrected chi connectivity index (χ1v) is 20.8. The van der Waals surface area contributed by atoms with Crippen molar-refractivity contribution in [2.75, 3.05) is 19.7 Å². The third-order valence-electron chi connectivity index (χ3n) is 10.8. The number of H-pyrrole nitrogens is 1. The summed E-state index contributed by atoms with van der Waals surface area (Å²) in [6.45, 7) is 7.37. The van der Waals surface area contributed by atoms with Crippen molar-refractivity contribution >= 4 is 64.1 Å². The van der Waals surface area contributed by atoms with Gasteiger partial charge in [0.15, 0.2) is 0 Å². The standard InChI is InChI=1S/C41H62N10O11/c1-6-22(4)34(43)40(60)50-30(20-52)38(58)47-27(13-14-32(42)53)36(56)48-28(17-24-18-44-26-11-8-7-10-25(24)26)37(57)46-23(5)35(55)45-19-33(54)51-15-9-12-31(51)39(59)49-29(41(61)62)16-21(2)3/h7-8,10-11,18,21-23,27-31,34,44,52H,6,9,12-17,19-20,43H2,1-5H3,(H2,42,53)(H,45,55)(H,46,57)(H,47,58)(H,48,56)(H,49,59)(H,50,60)(H,61,62). The molecule has 8 atom stereocenters. The number of nitrogens with one attached hydrogen (secondary N) is 7. The third-order valence-corrected chi connectivity index (χ3v) is 10.8. The van der Waals surface area contributed by atoms with Crippen molar-refractivity contribution in [3.63, 3.8) is 0 Å². The van der Waals surface area contributed by atoms with Gasteiger partial charge < -0.3 is 63.5 Å². The van der Waals surface area contributed by atoms with Crippen LogP contribution in [0, 0.1) is 11.8 Å². The van der Waals surface area contributed by atoms with E-state index in [0.717, 1.165) is 10.9 Å². The Morgan fingerprint density at radius 1 is 0.839 bits per heavy atom. The summed E-state index contributed by atoms with van der Waals surface area (Å²) in [6, 6.07) is -1.54. The van der Waals surface area contributed by atoms with Crippen molar-refractivity contribution in [3.05, 3.63) is 36.0 Å². The number of fused-ring (bicyclic) bond motifs is 1. The van der Waals surface area contributed by atoms with Crippen LogP contribution in [0.1, 0.15) is 78.7 Å². The van der Waals surface area contributed by atoms with E-state index >= 15 is 0 Å². The number of para-hydroxylation sites is 1. The summed E-state index contributed by atoms with van der Waals surface area (Å²) in [7, 11) is 0. The van der Waals surface area contributed by atoms with Gasteiger partial charge in [-0.15, -0.1) is 0 Å². The van der Waals surface area contributed by atoms with Crippen LogP contribution < -0.4 is 43.4 Å². The Kier molecular flexibility index (Phi) is 19.3. The summed E-state index contributed by atoms with van der Waals surface area (Å²) < 4.78 is 0. The van der Waals surface area contributed by atoms with Gasteiger partial charge in [0.05, 0.1) is 19.2 Å². The van der Waals surface area contributed by atoms with Crippen LogP contribution in [0.5, 0.6) is 0 Å². The predicted octanol–water partition coefficient (Wildman–Crippen LogP) is -1.98. The van der Waals surface area contributed by atoms with Crippen LogP contribution in [0.2, 0.25) is 0 Å². The van der Waals surface area contributed by atoms with Crippen molar-refractivity contribution in [2.45, 2.75) is 122 Å². The quantitative estimate of drug-likeness (QED) is 0.0547. The molecule has 1 aliphatic rings. The first-order valence-electron chi connectivity index (χ1n) is 20.8. The first kappa shape index (κ1) is 50.3. The fourth-order valence-electron chi connectivity index (χ4n) is 6.90. The number of primary amides is 1. The molecule has 2 aromatic rings. The predicted molar refractivity (Wildman–Crippen MR) is 225 cm³/mol. The maximum absolute atomic E-state index is 13.9. The highest BCUT2D eigenvalue weighted by atomic mass is 16.4. The van der Waals surface area contributed by atoms with Gasteiger partial charge in [0.1, 0.15) is 36.3 Å². The monoisotopic (exact) mass is 870 g/mol. The van der Waals surface area contributed by atoms with E-state index in [4.69, 9.17) is 11.5 Å². The molecule has 1 saturated heterocycles. The fraction of sp³-hybridized carbons (Fsp3) is 0.585. The van der Waals surface area contributed by atoms with Gasteiger partial charge in [0.2, 0.25) is 47.3 Å². The molecule has 21 heteroatoms. The lowest BCUT2D eigenvalue weighted by molar-refractivity contribution is -0.144. The molecule has 1 aromatic heterocycles. The lowest BCUT2D eigenvalue weighted by atomic mass is 9.99. The number of amides is 8. The molecule has 62 heavy (non-hydrogen) atoms. The zero-order valence-electron chi connectivity index (χ0n) is 35.8. The number of hydrogen-bond acceptors (Lipinski definition) is 11. The minimum Gasteiger partial charge on any atom is -0.480 e. The van der Waals surface area contributed by atoms with Crippen molar-refractivity contribution in [1.29, 1.82) is 0 Å². The third kappa shape index (κ3) is 14.5. The van der Waals surface area contributed by atoms with Gasteiger partial charge in [0.25, 0.3) is 0 Å². The van der Waals surface area contributed by atoms with E-state index in [2.05, 4.69) is 36.9 Å². The number of aliphatic carboxylic acids is 1. The highest BCUT2D eigenvalue weighted by molar-refractivity contribution is 5.97. The van der Waals surface area contributed by atoms with E-state index in [-0.39, 0.29) is 44.1 Å². The van der Waals surface area contributed by atoms with Crippen molar-refractivity contribution in [1.82, 2.24) is 41.8 Å². The molecule has 21 nitrogen and oxygen atoms in total. The first-order chi connectivity index (χ1) is 29.3. The summed E-state index contributed by atoms with van der Waals surface area (Å²) in [6.07, 6.45) is 2.37. The van der Waals surface area contributed by atoms with Gasteiger partial charge in [-0.25, -0.2) is 4.79 Å². The average Bonchev–Trinajstić information content (AvgIpc) is 3.89. The number of aliphatic hydroxyl groups excluding tert-OH is 1. The SMILES string of the molecule is CCC(C)C(N)C(=O)NC(CO)C(=O)NC(CCC(N)=O)C(=O)NC(Cc1c[nH]c2ccccc12)C(=O)NC(C)C(=O)NCC(=O)N1CCCC1C(=O)NC(CC(C)C)C(=O)O. The smallest absolute Gasteiger partial charge is 0.326 e. The van der Waals surface area contributed by atoms with Crippen LogP contribution in [-0.2, 0) is 49.6 Å². The lowest BCUT2D eigenvalue weighted by Crippen LogP contribution is -2.60. The summed E-state index contributed by atoms with van der Waals surface area (Å²) in [4.78, 5) is 121. The van der Waals surface area contributed by atoms with Crippen molar-refractivity contribution in [2.24, 2.45) is 23.3 Å². The molecule has 1 aliphatic heterocycles.